The van der Waals surface area contributed by atoms with Gasteiger partial charge in [-0.3, -0.25) is 9.59 Å². The first-order valence-electron chi connectivity index (χ1n) is 7.74. The van der Waals surface area contributed by atoms with E-state index >= 15 is 0 Å². The lowest BCUT2D eigenvalue weighted by Crippen LogP contribution is -2.38. The summed E-state index contributed by atoms with van der Waals surface area (Å²) < 4.78 is 0. The molecule has 1 N–H and O–H groups in total. The number of benzene rings is 1. The van der Waals surface area contributed by atoms with Crippen molar-refractivity contribution in [2.75, 3.05) is 11.4 Å². The minimum atomic E-state index is -0.822. The second-order valence-corrected chi connectivity index (χ2v) is 6.17. The summed E-state index contributed by atoms with van der Waals surface area (Å²) in [5.41, 5.74) is 2.15. The summed E-state index contributed by atoms with van der Waals surface area (Å²) in [7, 11) is 0. The molecule has 1 fully saturated rings. The SMILES string of the molecule is CCC1C[C@H](C(=O)N2CCc3ccccc32)[C@H](C(=O)O)C1. The van der Waals surface area contributed by atoms with E-state index in [1.165, 1.54) is 5.56 Å². The molecule has 0 bridgehead atoms. The van der Waals surface area contributed by atoms with Crippen molar-refractivity contribution in [3.05, 3.63) is 29.8 Å². The maximum Gasteiger partial charge on any atom is 0.307 e. The zero-order chi connectivity index (χ0) is 15.0. The predicted octanol–water partition coefficient (Wildman–Crippen LogP) is 2.71. The Bertz CT molecular complexity index is 569. The van der Waals surface area contributed by atoms with Gasteiger partial charge in [0, 0.05) is 12.2 Å². The molecular formula is C17H21NO3. The van der Waals surface area contributed by atoms with E-state index in [-0.39, 0.29) is 11.8 Å². The largest absolute Gasteiger partial charge is 0.481 e. The molecule has 2 aliphatic rings. The van der Waals surface area contributed by atoms with E-state index in [0.717, 1.165) is 18.5 Å². The number of amides is 1. The summed E-state index contributed by atoms with van der Waals surface area (Å²) in [5.74, 6) is -1.34. The summed E-state index contributed by atoms with van der Waals surface area (Å²) in [6, 6.07) is 7.92. The first-order valence-corrected chi connectivity index (χ1v) is 7.74. The number of hydrogen-bond donors (Lipinski definition) is 1. The van der Waals surface area contributed by atoms with Crippen molar-refractivity contribution in [1.82, 2.24) is 0 Å². The van der Waals surface area contributed by atoms with Crippen LogP contribution in [0.15, 0.2) is 24.3 Å². The van der Waals surface area contributed by atoms with Crippen LogP contribution in [0.1, 0.15) is 31.7 Å². The first-order chi connectivity index (χ1) is 10.1. The van der Waals surface area contributed by atoms with Crippen LogP contribution in [-0.4, -0.2) is 23.5 Å². The predicted molar refractivity (Wildman–Crippen MR) is 80.1 cm³/mol. The summed E-state index contributed by atoms with van der Waals surface area (Å²) >= 11 is 0. The van der Waals surface area contributed by atoms with Gasteiger partial charge in [-0.05, 0) is 36.8 Å². The van der Waals surface area contributed by atoms with Crippen molar-refractivity contribution in [3.8, 4) is 0 Å². The number of nitrogens with zero attached hydrogens (tertiary/aromatic N) is 1. The van der Waals surface area contributed by atoms with Gasteiger partial charge in [-0.25, -0.2) is 0 Å². The van der Waals surface area contributed by atoms with Crippen LogP contribution >= 0.6 is 0 Å². The normalized spacial score (nSPS) is 27.7. The highest BCUT2D eigenvalue weighted by Gasteiger charge is 2.44. The van der Waals surface area contributed by atoms with Crippen molar-refractivity contribution in [2.24, 2.45) is 17.8 Å². The number of carboxylic acid groups (broad SMARTS) is 1. The van der Waals surface area contributed by atoms with E-state index in [4.69, 9.17) is 0 Å². The highest BCUT2D eigenvalue weighted by molar-refractivity contribution is 5.99. The van der Waals surface area contributed by atoms with Gasteiger partial charge in [0.15, 0.2) is 0 Å². The van der Waals surface area contributed by atoms with Gasteiger partial charge in [-0.15, -0.1) is 0 Å². The molecule has 4 heteroatoms. The van der Waals surface area contributed by atoms with E-state index in [1.54, 1.807) is 4.90 Å². The number of hydrogen-bond acceptors (Lipinski definition) is 2. The molecule has 1 saturated carbocycles. The first kappa shape index (κ1) is 14.1. The molecule has 1 heterocycles. The average Bonchev–Trinajstić information content (AvgIpc) is 3.10. The van der Waals surface area contributed by atoms with E-state index in [2.05, 4.69) is 6.92 Å². The van der Waals surface area contributed by atoms with Crippen molar-refractivity contribution in [1.29, 1.82) is 0 Å². The topological polar surface area (TPSA) is 57.6 Å². The monoisotopic (exact) mass is 287 g/mol. The van der Waals surface area contributed by atoms with Crippen LogP contribution in [0.2, 0.25) is 0 Å². The van der Waals surface area contributed by atoms with Crippen molar-refractivity contribution in [2.45, 2.75) is 32.6 Å². The van der Waals surface area contributed by atoms with Crippen LogP contribution in [0.5, 0.6) is 0 Å². The standard InChI is InChI=1S/C17H21NO3/c1-2-11-9-13(14(10-11)17(20)21)16(19)18-8-7-12-5-3-4-6-15(12)18/h3-6,11,13-14H,2,7-10H2,1H3,(H,20,21)/t11?,13-,14+/m0/s1. The maximum atomic E-state index is 12.8. The molecule has 0 radical (unpaired) electrons. The Hall–Kier alpha value is -1.84. The van der Waals surface area contributed by atoms with Gasteiger partial charge in [0.1, 0.15) is 0 Å². The number of rotatable bonds is 3. The van der Waals surface area contributed by atoms with Crippen molar-refractivity contribution < 1.29 is 14.7 Å². The second kappa shape index (κ2) is 5.51. The zero-order valence-electron chi connectivity index (χ0n) is 12.3. The Kier molecular flexibility index (Phi) is 3.70. The lowest BCUT2D eigenvalue weighted by Gasteiger charge is -2.23. The molecule has 1 unspecified atom stereocenters. The number of fused-ring (bicyclic) bond motifs is 1. The highest BCUT2D eigenvalue weighted by Crippen LogP contribution is 2.41. The molecule has 112 valence electrons. The summed E-state index contributed by atoms with van der Waals surface area (Å²) in [6.07, 6.45) is 3.16. The van der Waals surface area contributed by atoms with Gasteiger partial charge in [0.2, 0.25) is 5.91 Å². The Labute approximate surface area is 124 Å². The van der Waals surface area contributed by atoms with E-state index in [1.807, 2.05) is 24.3 Å². The number of carbonyl (C=O) groups is 2. The van der Waals surface area contributed by atoms with Crippen molar-refractivity contribution in [3.63, 3.8) is 0 Å². The molecule has 0 spiro atoms. The van der Waals surface area contributed by atoms with Crippen LogP contribution in [0, 0.1) is 17.8 Å². The number of para-hydroxylation sites is 1. The molecule has 0 aromatic heterocycles. The molecule has 1 amide bonds. The molecule has 21 heavy (non-hydrogen) atoms. The Morgan fingerprint density at radius 2 is 1.95 bits per heavy atom. The van der Waals surface area contributed by atoms with E-state index < -0.39 is 11.9 Å². The molecule has 0 saturated heterocycles. The molecule has 3 rings (SSSR count). The van der Waals surface area contributed by atoms with Crippen LogP contribution < -0.4 is 4.90 Å². The second-order valence-electron chi connectivity index (χ2n) is 6.17. The average molecular weight is 287 g/mol. The van der Waals surface area contributed by atoms with Gasteiger partial charge in [-0.2, -0.15) is 0 Å². The smallest absolute Gasteiger partial charge is 0.307 e. The quantitative estimate of drug-likeness (QED) is 0.930. The summed E-state index contributed by atoms with van der Waals surface area (Å²) in [5, 5.41) is 9.41. The maximum absolute atomic E-state index is 12.8. The molecule has 1 aromatic rings. The zero-order valence-corrected chi connectivity index (χ0v) is 12.3. The van der Waals surface area contributed by atoms with E-state index in [0.29, 0.717) is 25.3 Å². The van der Waals surface area contributed by atoms with Crippen LogP contribution in [0.25, 0.3) is 0 Å². The Morgan fingerprint density at radius 3 is 2.67 bits per heavy atom. The molecule has 4 nitrogen and oxygen atoms in total. The number of aliphatic carboxylic acids is 1. The minimum Gasteiger partial charge on any atom is -0.481 e. The Morgan fingerprint density at radius 1 is 1.24 bits per heavy atom. The molecule has 1 aliphatic carbocycles. The fraction of sp³-hybridized carbons (Fsp3) is 0.529. The van der Waals surface area contributed by atoms with Crippen molar-refractivity contribution >= 4 is 17.6 Å². The molecule has 1 aliphatic heterocycles. The fourth-order valence-corrected chi connectivity index (χ4v) is 3.79. The molecule has 3 atom stereocenters. The fourth-order valence-electron chi connectivity index (χ4n) is 3.79. The van der Waals surface area contributed by atoms with Gasteiger partial charge in [-0.1, -0.05) is 31.5 Å². The lowest BCUT2D eigenvalue weighted by atomic mass is 9.94. The van der Waals surface area contributed by atoms with E-state index in [9.17, 15) is 14.7 Å². The minimum absolute atomic E-state index is 0.00306. The van der Waals surface area contributed by atoms with Crippen LogP contribution in [-0.2, 0) is 16.0 Å². The van der Waals surface area contributed by atoms with Gasteiger partial charge in [0.05, 0.1) is 11.8 Å². The van der Waals surface area contributed by atoms with Crippen LogP contribution in [0.4, 0.5) is 5.69 Å². The number of carbonyl (C=O) groups excluding carboxylic acids is 1. The van der Waals surface area contributed by atoms with Gasteiger partial charge >= 0.3 is 5.97 Å². The third-order valence-corrected chi connectivity index (χ3v) is 5.03. The van der Waals surface area contributed by atoms with Gasteiger partial charge in [0.25, 0.3) is 0 Å². The summed E-state index contributed by atoms with van der Waals surface area (Å²) in [4.78, 5) is 26.1. The lowest BCUT2D eigenvalue weighted by molar-refractivity contribution is -0.145. The number of anilines is 1. The third kappa shape index (κ3) is 2.43. The van der Waals surface area contributed by atoms with Gasteiger partial charge < -0.3 is 10.0 Å². The molecule has 1 aromatic carbocycles. The molecular weight excluding hydrogens is 266 g/mol. The summed E-state index contributed by atoms with van der Waals surface area (Å²) in [6.45, 7) is 2.75. The van der Waals surface area contributed by atoms with Crippen LogP contribution in [0.3, 0.4) is 0 Å². The highest BCUT2D eigenvalue weighted by atomic mass is 16.4. The third-order valence-electron chi connectivity index (χ3n) is 5.03. The Balaban J connectivity index is 1.83. The number of carboxylic acids is 1.